The van der Waals surface area contributed by atoms with Crippen LogP contribution in [-0.4, -0.2) is 37.1 Å². The minimum absolute atomic E-state index is 0.108. The van der Waals surface area contributed by atoms with Crippen molar-refractivity contribution < 1.29 is 12.8 Å². The maximum atomic E-state index is 13.5. The fourth-order valence-corrected chi connectivity index (χ4v) is 4.01. The third-order valence-electron chi connectivity index (χ3n) is 4.12. The van der Waals surface area contributed by atoms with Gasteiger partial charge in [-0.1, -0.05) is 11.6 Å². The molecular formula is C14H16ClFN2O2S. The average Bonchev–Trinajstić information content (AvgIpc) is 2.81. The highest BCUT2D eigenvalue weighted by Gasteiger charge is 2.27. The summed E-state index contributed by atoms with van der Waals surface area (Å²) in [5.74, 6) is -0.178. The van der Waals surface area contributed by atoms with E-state index in [0.29, 0.717) is 13.1 Å². The van der Waals surface area contributed by atoms with Crippen molar-refractivity contribution in [3.8, 4) is 0 Å². The van der Waals surface area contributed by atoms with Crippen LogP contribution in [0.25, 0.3) is 10.9 Å². The summed E-state index contributed by atoms with van der Waals surface area (Å²) in [5.41, 5.74) is 1.80. The number of benzene rings is 1. The van der Waals surface area contributed by atoms with E-state index in [1.54, 1.807) is 6.07 Å². The normalized spacial score (nSPS) is 18.4. The number of nitrogens with one attached hydrogen (secondary N) is 1. The standard InChI is InChI=1S/C14H16ClFN2O2S/c1-21(19,20)18-4-2-9(3-5-18)11-8-17-14-7-13(16)12(15)6-10(11)14/h6-9,17H,2-5H2,1H3. The molecule has 0 radical (unpaired) electrons. The largest absolute Gasteiger partial charge is 0.361 e. The number of aromatic amines is 1. The summed E-state index contributed by atoms with van der Waals surface area (Å²) in [5, 5.41) is 1.02. The highest BCUT2D eigenvalue weighted by Crippen LogP contribution is 2.35. The van der Waals surface area contributed by atoms with Gasteiger partial charge in [0.2, 0.25) is 10.0 Å². The molecule has 0 spiro atoms. The Kier molecular flexibility index (Phi) is 3.71. The molecule has 21 heavy (non-hydrogen) atoms. The van der Waals surface area contributed by atoms with Gasteiger partial charge in [-0.3, -0.25) is 0 Å². The van der Waals surface area contributed by atoms with Crippen molar-refractivity contribution in [3.63, 3.8) is 0 Å². The minimum atomic E-state index is -3.12. The first-order chi connectivity index (χ1) is 9.86. The van der Waals surface area contributed by atoms with Crippen molar-refractivity contribution in [2.75, 3.05) is 19.3 Å². The lowest BCUT2D eigenvalue weighted by Crippen LogP contribution is -2.37. The number of rotatable bonds is 2. The Morgan fingerprint density at radius 2 is 2.00 bits per heavy atom. The van der Waals surface area contributed by atoms with Gasteiger partial charge in [0.05, 0.1) is 11.3 Å². The molecule has 7 heteroatoms. The minimum Gasteiger partial charge on any atom is -0.361 e. The summed E-state index contributed by atoms with van der Waals surface area (Å²) >= 11 is 5.86. The molecule has 0 unspecified atom stereocenters. The fraction of sp³-hybridized carbons (Fsp3) is 0.429. The van der Waals surface area contributed by atoms with Crippen LogP contribution in [-0.2, 0) is 10.0 Å². The molecule has 0 bridgehead atoms. The van der Waals surface area contributed by atoms with E-state index >= 15 is 0 Å². The molecule has 1 N–H and O–H groups in total. The van der Waals surface area contributed by atoms with Crippen LogP contribution in [0.4, 0.5) is 4.39 Å². The van der Waals surface area contributed by atoms with E-state index in [1.165, 1.54) is 16.6 Å². The number of piperidine rings is 1. The Morgan fingerprint density at radius 1 is 1.33 bits per heavy atom. The Labute approximate surface area is 127 Å². The second-order valence-electron chi connectivity index (χ2n) is 5.49. The monoisotopic (exact) mass is 330 g/mol. The summed E-state index contributed by atoms with van der Waals surface area (Å²) in [6.45, 7) is 1.04. The van der Waals surface area contributed by atoms with E-state index in [9.17, 15) is 12.8 Å². The third-order valence-corrected chi connectivity index (χ3v) is 5.71. The quantitative estimate of drug-likeness (QED) is 0.920. The first-order valence-corrected chi connectivity index (χ1v) is 9.00. The van der Waals surface area contributed by atoms with E-state index in [4.69, 9.17) is 11.6 Å². The van der Waals surface area contributed by atoms with Crippen LogP contribution < -0.4 is 0 Å². The molecule has 2 heterocycles. The molecule has 4 nitrogen and oxygen atoms in total. The Morgan fingerprint density at radius 3 is 2.62 bits per heavy atom. The lowest BCUT2D eigenvalue weighted by atomic mass is 9.90. The molecular weight excluding hydrogens is 315 g/mol. The van der Waals surface area contributed by atoms with Gasteiger partial charge in [-0.15, -0.1) is 0 Å². The van der Waals surface area contributed by atoms with Gasteiger partial charge >= 0.3 is 0 Å². The summed E-state index contributed by atoms with van der Waals surface area (Å²) in [4.78, 5) is 3.06. The SMILES string of the molecule is CS(=O)(=O)N1CCC(c2c[nH]c3cc(F)c(Cl)cc23)CC1. The number of fused-ring (bicyclic) bond motifs is 1. The molecule has 0 aliphatic carbocycles. The second kappa shape index (κ2) is 5.26. The van der Waals surface area contributed by atoms with Gasteiger partial charge < -0.3 is 4.98 Å². The fourth-order valence-electron chi connectivity index (χ4n) is 2.97. The van der Waals surface area contributed by atoms with Crippen LogP contribution >= 0.6 is 11.6 Å². The zero-order valence-corrected chi connectivity index (χ0v) is 13.1. The van der Waals surface area contributed by atoms with Crippen LogP contribution in [0.15, 0.2) is 18.3 Å². The lowest BCUT2D eigenvalue weighted by molar-refractivity contribution is 0.322. The molecule has 1 aliphatic heterocycles. The van der Waals surface area contributed by atoms with Crippen LogP contribution in [0.3, 0.4) is 0 Å². The molecule has 0 atom stereocenters. The number of nitrogens with zero attached hydrogens (tertiary/aromatic N) is 1. The third kappa shape index (κ3) is 2.80. The zero-order valence-electron chi connectivity index (χ0n) is 11.6. The van der Waals surface area contributed by atoms with Crippen LogP contribution in [0.5, 0.6) is 0 Å². The number of sulfonamides is 1. The van der Waals surface area contributed by atoms with Crippen molar-refractivity contribution in [3.05, 3.63) is 34.7 Å². The van der Waals surface area contributed by atoms with Crippen LogP contribution in [0.2, 0.25) is 5.02 Å². The number of hydrogen-bond donors (Lipinski definition) is 1. The Bertz CT molecular complexity index is 780. The maximum absolute atomic E-state index is 13.5. The molecule has 0 saturated carbocycles. The molecule has 3 rings (SSSR count). The first-order valence-electron chi connectivity index (χ1n) is 6.77. The van der Waals surface area contributed by atoms with Gasteiger partial charge in [0, 0.05) is 30.2 Å². The highest BCUT2D eigenvalue weighted by molar-refractivity contribution is 7.88. The van der Waals surface area contributed by atoms with E-state index in [0.717, 1.165) is 29.3 Å². The van der Waals surface area contributed by atoms with Gasteiger partial charge in [-0.25, -0.2) is 17.1 Å². The van der Waals surface area contributed by atoms with Crippen LogP contribution in [0, 0.1) is 5.82 Å². The van der Waals surface area contributed by atoms with Crippen molar-refractivity contribution in [2.24, 2.45) is 0 Å². The number of halogens is 2. The van der Waals surface area contributed by atoms with Crippen molar-refractivity contribution in [1.29, 1.82) is 0 Å². The summed E-state index contributed by atoms with van der Waals surface area (Å²) in [6, 6.07) is 3.04. The molecule has 1 fully saturated rings. The molecule has 1 aromatic carbocycles. The van der Waals surface area contributed by atoms with Crippen molar-refractivity contribution in [1.82, 2.24) is 9.29 Å². The predicted molar refractivity (Wildman–Crippen MR) is 81.7 cm³/mol. The summed E-state index contributed by atoms with van der Waals surface area (Å²) in [6.07, 6.45) is 4.63. The van der Waals surface area contributed by atoms with E-state index in [2.05, 4.69) is 4.98 Å². The van der Waals surface area contributed by atoms with Crippen LogP contribution in [0.1, 0.15) is 24.3 Å². The smallest absolute Gasteiger partial charge is 0.211 e. The van der Waals surface area contributed by atoms with Gasteiger partial charge in [-0.2, -0.15) is 0 Å². The van der Waals surface area contributed by atoms with Crippen molar-refractivity contribution >= 4 is 32.5 Å². The first kappa shape index (κ1) is 14.8. The topological polar surface area (TPSA) is 53.2 Å². The van der Waals surface area contributed by atoms with Gasteiger partial charge in [0.1, 0.15) is 5.82 Å². The average molecular weight is 331 g/mol. The van der Waals surface area contributed by atoms with Gasteiger partial charge in [0.15, 0.2) is 0 Å². The molecule has 2 aromatic rings. The van der Waals surface area contributed by atoms with Gasteiger partial charge in [-0.05, 0) is 36.5 Å². The number of aromatic nitrogens is 1. The highest BCUT2D eigenvalue weighted by atomic mass is 35.5. The lowest BCUT2D eigenvalue weighted by Gasteiger charge is -2.30. The molecule has 1 saturated heterocycles. The number of H-pyrrole nitrogens is 1. The Balaban J connectivity index is 1.88. The maximum Gasteiger partial charge on any atom is 0.211 e. The Hall–Kier alpha value is -1.11. The molecule has 0 amide bonds. The van der Waals surface area contributed by atoms with E-state index in [1.807, 2.05) is 6.20 Å². The molecule has 1 aromatic heterocycles. The summed E-state index contributed by atoms with van der Waals surface area (Å²) in [7, 11) is -3.12. The van der Waals surface area contributed by atoms with E-state index in [-0.39, 0.29) is 10.9 Å². The van der Waals surface area contributed by atoms with Crippen molar-refractivity contribution in [2.45, 2.75) is 18.8 Å². The molecule has 114 valence electrons. The second-order valence-corrected chi connectivity index (χ2v) is 7.88. The molecule has 1 aliphatic rings. The zero-order chi connectivity index (χ0) is 15.2. The summed E-state index contributed by atoms with van der Waals surface area (Å²) < 4.78 is 38.0. The van der Waals surface area contributed by atoms with Gasteiger partial charge in [0.25, 0.3) is 0 Å². The van der Waals surface area contributed by atoms with E-state index < -0.39 is 15.8 Å². The number of hydrogen-bond acceptors (Lipinski definition) is 2. The predicted octanol–water partition coefficient (Wildman–Crippen LogP) is 3.10.